The maximum atomic E-state index is 5.88. The van der Waals surface area contributed by atoms with Crippen molar-refractivity contribution in [1.29, 1.82) is 0 Å². The summed E-state index contributed by atoms with van der Waals surface area (Å²) in [7, 11) is 0. The second kappa shape index (κ2) is 6.02. The quantitative estimate of drug-likeness (QED) is 0.674. The zero-order valence-electron chi connectivity index (χ0n) is 8.76. The lowest BCUT2D eigenvalue weighted by atomic mass is 10.1. The van der Waals surface area contributed by atoms with E-state index in [0.717, 1.165) is 12.5 Å². The van der Waals surface area contributed by atoms with Crippen LogP contribution >= 0.6 is 15.9 Å². The van der Waals surface area contributed by atoms with Gasteiger partial charge in [0.1, 0.15) is 0 Å². The van der Waals surface area contributed by atoms with E-state index >= 15 is 0 Å². The van der Waals surface area contributed by atoms with Crippen LogP contribution in [0.1, 0.15) is 46.0 Å². The predicted molar refractivity (Wildman–Crippen MR) is 60.4 cm³/mol. The summed E-state index contributed by atoms with van der Waals surface area (Å²) in [6.45, 7) is 5.46. The first kappa shape index (κ1) is 11.5. The Morgan fingerprint density at radius 3 is 2.77 bits per heavy atom. The van der Waals surface area contributed by atoms with Crippen molar-refractivity contribution < 1.29 is 4.74 Å². The van der Waals surface area contributed by atoms with E-state index in [-0.39, 0.29) is 0 Å². The maximum Gasteiger partial charge on any atom is 0.0700 e. The average molecular weight is 249 g/mol. The fraction of sp³-hybridized carbons (Fsp3) is 1.00. The van der Waals surface area contributed by atoms with Gasteiger partial charge in [0.15, 0.2) is 0 Å². The van der Waals surface area contributed by atoms with Gasteiger partial charge in [-0.2, -0.15) is 0 Å². The maximum absolute atomic E-state index is 5.88. The fourth-order valence-corrected chi connectivity index (χ4v) is 2.67. The molecule has 3 unspecified atom stereocenters. The van der Waals surface area contributed by atoms with Gasteiger partial charge in [-0.3, -0.25) is 0 Å². The standard InChI is InChI=1S/C11H21BrO/c1-3-5-9(2)8-13-11-7-4-6-10(11)12/h9-11H,3-8H2,1-2H3. The molecule has 0 aromatic carbocycles. The van der Waals surface area contributed by atoms with Gasteiger partial charge in [-0.15, -0.1) is 0 Å². The van der Waals surface area contributed by atoms with Gasteiger partial charge in [0.2, 0.25) is 0 Å². The third kappa shape index (κ3) is 3.99. The van der Waals surface area contributed by atoms with E-state index in [1.807, 2.05) is 0 Å². The molecule has 3 atom stereocenters. The lowest BCUT2D eigenvalue weighted by Gasteiger charge is -2.18. The number of alkyl halides is 1. The summed E-state index contributed by atoms with van der Waals surface area (Å²) in [4.78, 5) is 0.612. The molecular weight excluding hydrogens is 228 g/mol. The Kier molecular flexibility index (Phi) is 5.34. The number of hydrogen-bond donors (Lipinski definition) is 0. The molecule has 1 aliphatic carbocycles. The third-order valence-electron chi connectivity index (χ3n) is 2.75. The molecule has 0 N–H and O–H groups in total. The van der Waals surface area contributed by atoms with E-state index in [2.05, 4.69) is 29.8 Å². The largest absolute Gasteiger partial charge is 0.377 e. The lowest BCUT2D eigenvalue weighted by molar-refractivity contribution is 0.0392. The van der Waals surface area contributed by atoms with E-state index in [9.17, 15) is 0 Å². The minimum absolute atomic E-state index is 0.485. The second-order valence-electron chi connectivity index (χ2n) is 4.21. The van der Waals surface area contributed by atoms with Gasteiger partial charge in [-0.1, -0.05) is 36.2 Å². The number of ether oxygens (including phenoxy) is 1. The molecule has 0 saturated heterocycles. The molecular formula is C11H21BrO. The van der Waals surface area contributed by atoms with Gasteiger partial charge in [0.05, 0.1) is 6.10 Å². The number of halogens is 1. The van der Waals surface area contributed by atoms with Crippen LogP contribution in [-0.2, 0) is 4.74 Å². The minimum Gasteiger partial charge on any atom is -0.377 e. The highest BCUT2D eigenvalue weighted by Crippen LogP contribution is 2.28. The highest BCUT2D eigenvalue weighted by molar-refractivity contribution is 9.09. The zero-order chi connectivity index (χ0) is 9.68. The van der Waals surface area contributed by atoms with Crippen molar-refractivity contribution in [3.05, 3.63) is 0 Å². The monoisotopic (exact) mass is 248 g/mol. The summed E-state index contributed by atoms with van der Waals surface area (Å²) < 4.78 is 5.88. The van der Waals surface area contributed by atoms with Crippen molar-refractivity contribution in [3.63, 3.8) is 0 Å². The number of rotatable bonds is 5. The fourth-order valence-electron chi connectivity index (χ4n) is 1.93. The van der Waals surface area contributed by atoms with Crippen molar-refractivity contribution in [2.75, 3.05) is 6.61 Å². The Bertz CT molecular complexity index is 138. The third-order valence-corrected chi connectivity index (χ3v) is 3.80. The highest BCUT2D eigenvalue weighted by Gasteiger charge is 2.25. The van der Waals surface area contributed by atoms with E-state index < -0.39 is 0 Å². The summed E-state index contributed by atoms with van der Waals surface area (Å²) in [6.07, 6.45) is 6.90. The summed E-state index contributed by atoms with van der Waals surface area (Å²) in [5, 5.41) is 0. The Morgan fingerprint density at radius 1 is 1.46 bits per heavy atom. The zero-order valence-corrected chi connectivity index (χ0v) is 10.3. The van der Waals surface area contributed by atoms with E-state index in [1.54, 1.807) is 0 Å². The molecule has 0 aliphatic heterocycles. The molecule has 13 heavy (non-hydrogen) atoms. The Labute approximate surface area is 90.4 Å². The van der Waals surface area contributed by atoms with E-state index in [0.29, 0.717) is 10.9 Å². The minimum atomic E-state index is 0.485. The van der Waals surface area contributed by atoms with Crippen molar-refractivity contribution >= 4 is 15.9 Å². The van der Waals surface area contributed by atoms with Crippen LogP contribution in [0, 0.1) is 5.92 Å². The van der Waals surface area contributed by atoms with Gasteiger partial charge in [-0.25, -0.2) is 0 Å². The normalized spacial score (nSPS) is 30.7. The molecule has 0 amide bonds. The highest BCUT2D eigenvalue weighted by atomic mass is 79.9. The molecule has 0 aromatic heterocycles. The van der Waals surface area contributed by atoms with Crippen molar-refractivity contribution in [3.8, 4) is 0 Å². The molecule has 0 aromatic rings. The van der Waals surface area contributed by atoms with Crippen molar-refractivity contribution in [2.24, 2.45) is 5.92 Å². The summed E-state index contributed by atoms with van der Waals surface area (Å²) in [6, 6.07) is 0. The van der Waals surface area contributed by atoms with E-state index in [1.165, 1.54) is 32.1 Å². The van der Waals surface area contributed by atoms with Crippen LogP contribution in [0.5, 0.6) is 0 Å². The summed E-state index contributed by atoms with van der Waals surface area (Å²) >= 11 is 3.67. The molecule has 1 fully saturated rings. The van der Waals surface area contributed by atoms with Crippen molar-refractivity contribution in [2.45, 2.75) is 56.9 Å². The number of hydrogen-bond acceptors (Lipinski definition) is 1. The molecule has 0 bridgehead atoms. The summed E-state index contributed by atoms with van der Waals surface area (Å²) in [5.74, 6) is 0.727. The molecule has 0 radical (unpaired) electrons. The molecule has 1 nitrogen and oxygen atoms in total. The SMILES string of the molecule is CCCC(C)COC1CCCC1Br. The first-order valence-corrected chi connectivity index (χ1v) is 6.41. The molecule has 1 aliphatic rings. The average Bonchev–Trinajstić information content (AvgIpc) is 2.48. The predicted octanol–water partition coefficient (Wildman–Crippen LogP) is 3.76. The smallest absolute Gasteiger partial charge is 0.0700 e. The molecule has 1 rings (SSSR count). The summed E-state index contributed by atoms with van der Waals surface area (Å²) in [5.41, 5.74) is 0. The first-order chi connectivity index (χ1) is 6.24. The topological polar surface area (TPSA) is 9.23 Å². The van der Waals surface area contributed by atoms with Crippen LogP contribution < -0.4 is 0 Å². The molecule has 1 saturated carbocycles. The van der Waals surface area contributed by atoms with Crippen LogP contribution in [-0.4, -0.2) is 17.5 Å². The van der Waals surface area contributed by atoms with E-state index in [4.69, 9.17) is 4.74 Å². The van der Waals surface area contributed by atoms with Gasteiger partial charge in [-0.05, 0) is 31.6 Å². The van der Waals surface area contributed by atoms with Crippen LogP contribution in [0.3, 0.4) is 0 Å². The second-order valence-corrected chi connectivity index (χ2v) is 5.39. The van der Waals surface area contributed by atoms with Gasteiger partial charge in [0.25, 0.3) is 0 Å². The Hall–Kier alpha value is 0.440. The first-order valence-electron chi connectivity index (χ1n) is 5.49. The van der Waals surface area contributed by atoms with Gasteiger partial charge >= 0.3 is 0 Å². The van der Waals surface area contributed by atoms with Crippen LogP contribution in [0.4, 0.5) is 0 Å². The molecule has 78 valence electrons. The van der Waals surface area contributed by atoms with Crippen molar-refractivity contribution in [1.82, 2.24) is 0 Å². The molecule has 0 heterocycles. The Morgan fingerprint density at radius 2 is 2.23 bits per heavy atom. The van der Waals surface area contributed by atoms with Gasteiger partial charge in [0, 0.05) is 11.4 Å². The van der Waals surface area contributed by atoms with Crippen LogP contribution in [0.15, 0.2) is 0 Å². The Balaban J connectivity index is 2.10. The van der Waals surface area contributed by atoms with Crippen LogP contribution in [0.2, 0.25) is 0 Å². The lowest BCUT2D eigenvalue weighted by Crippen LogP contribution is -2.21. The van der Waals surface area contributed by atoms with Crippen LogP contribution in [0.25, 0.3) is 0 Å². The molecule has 2 heteroatoms. The van der Waals surface area contributed by atoms with Gasteiger partial charge < -0.3 is 4.74 Å². The molecule has 0 spiro atoms.